The number of piperazine rings is 1. The summed E-state index contributed by atoms with van der Waals surface area (Å²) in [4.78, 5) is 25.8. The van der Waals surface area contributed by atoms with Gasteiger partial charge in [-0.3, -0.25) is 9.36 Å². The van der Waals surface area contributed by atoms with E-state index in [1.807, 2.05) is 6.92 Å². The van der Waals surface area contributed by atoms with Gasteiger partial charge in [-0.25, -0.2) is 13.2 Å². The molecular formula is C16H21N3O5S. The Morgan fingerprint density at radius 2 is 1.88 bits per heavy atom. The van der Waals surface area contributed by atoms with Gasteiger partial charge in [-0.15, -0.1) is 0 Å². The van der Waals surface area contributed by atoms with Gasteiger partial charge in [0.1, 0.15) is 0 Å². The van der Waals surface area contributed by atoms with Gasteiger partial charge in [0, 0.05) is 38.8 Å². The van der Waals surface area contributed by atoms with E-state index in [0.717, 1.165) is 0 Å². The van der Waals surface area contributed by atoms with Crippen LogP contribution in [0.4, 0.5) is 0 Å². The second-order valence-electron chi connectivity index (χ2n) is 6.12. The number of benzene rings is 1. The van der Waals surface area contributed by atoms with Gasteiger partial charge in [-0.05, 0) is 24.6 Å². The fourth-order valence-electron chi connectivity index (χ4n) is 3.01. The van der Waals surface area contributed by atoms with Crippen LogP contribution in [0.25, 0.3) is 11.1 Å². The number of carbonyl (C=O) groups excluding carboxylic acids is 1. The van der Waals surface area contributed by atoms with E-state index in [1.165, 1.54) is 8.87 Å². The molecule has 0 N–H and O–H groups in total. The molecule has 1 fully saturated rings. The van der Waals surface area contributed by atoms with Gasteiger partial charge < -0.3 is 9.32 Å². The molecule has 0 unspecified atom stereocenters. The molecule has 0 bridgehead atoms. The summed E-state index contributed by atoms with van der Waals surface area (Å²) in [5.41, 5.74) is 1.41. The van der Waals surface area contributed by atoms with Crippen LogP contribution in [-0.4, -0.2) is 60.0 Å². The first-order valence-electron chi connectivity index (χ1n) is 8.20. The van der Waals surface area contributed by atoms with Crippen LogP contribution in [0, 0.1) is 0 Å². The van der Waals surface area contributed by atoms with E-state index in [9.17, 15) is 18.0 Å². The molecule has 1 saturated heterocycles. The fourth-order valence-corrected chi connectivity index (χ4v) is 4.50. The van der Waals surface area contributed by atoms with E-state index in [4.69, 9.17) is 4.42 Å². The monoisotopic (exact) mass is 367 g/mol. The SMILES string of the molecule is CCCS(=O)(=O)N1CCN(C(=O)c2ccc3c(c2)oc(=O)n3C)CC1. The lowest BCUT2D eigenvalue weighted by atomic mass is 10.1. The fraction of sp³-hybridized carbons (Fsp3) is 0.500. The molecule has 0 radical (unpaired) electrons. The number of hydrogen-bond acceptors (Lipinski definition) is 5. The molecule has 0 spiro atoms. The molecule has 1 aliphatic rings. The minimum absolute atomic E-state index is 0.130. The topological polar surface area (TPSA) is 92.8 Å². The van der Waals surface area contributed by atoms with Crippen molar-refractivity contribution in [1.29, 1.82) is 0 Å². The Hall–Kier alpha value is -2.13. The van der Waals surface area contributed by atoms with Crippen LogP contribution >= 0.6 is 0 Å². The number of fused-ring (bicyclic) bond motifs is 1. The van der Waals surface area contributed by atoms with Crippen molar-refractivity contribution in [3.8, 4) is 0 Å². The number of amides is 1. The molecule has 2 heterocycles. The molecule has 1 aliphatic heterocycles. The molecule has 25 heavy (non-hydrogen) atoms. The maximum Gasteiger partial charge on any atom is 0.419 e. The number of aryl methyl sites for hydroxylation is 1. The van der Waals surface area contributed by atoms with Gasteiger partial charge in [0.15, 0.2) is 5.58 Å². The molecule has 1 aromatic carbocycles. The smallest absolute Gasteiger partial charge is 0.408 e. The van der Waals surface area contributed by atoms with E-state index in [-0.39, 0.29) is 11.7 Å². The summed E-state index contributed by atoms with van der Waals surface area (Å²) in [6.07, 6.45) is 0.573. The Balaban J connectivity index is 1.74. The van der Waals surface area contributed by atoms with Crippen LogP contribution in [0.3, 0.4) is 0 Å². The molecule has 2 aromatic rings. The number of aromatic nitrogens is 1. The number of oxazole rings is 1. The minimum Gasteiger partial charge on any atom is -0.408 e. The third-order valence-corrected chi connectivity index (χ3v) is 6.50. The van der Waals surface area contributed by atoms with Crippen LogP contribution in [0.1, 0.15) is 23.7 Å². The highest BCUT2D eigenvalue weighted by Gasteiger charge is 2.28. The van der Waals surface area contributed by atoms with E-state index in [1.54, 1.807) is 30.1 Å². The Morgan fingerprint density at radius 1 is 1.20 bits per heavy atom. The van der Waals surface area contributed by atoms with Crippen LogP contribution in [-0.2, 0) is 17.1 Å². The molecule has 0 saturated carbocycles. The van der Waals surface area contributed by atoms with Crippen LogP contribution in [0.15, 0.2) is 27.4 Å². The third-order valence-electron chi connectivity index (χ3n) is 4.42. The maximum atomic E-state index is 12.6. The van der Waals surface area contributed by atoms with E-state index in [2.05, 4.69) is 0 Å². The summed E-state index contributed by atoms with van der Waals surface area (Å²) in [6.45, 7) is 3.12. The normalized spacial score (nSPS) is 16.5. The first-order chi connectivity index (χ1) is 11.8. The highest BCUT2D eigenvalue weighted by Crippen LogP contribution is 2.17. The number of sulfonamides is 1. The predicted octanol–water partition coefficient (Wildman–Crippen LogP) is 0.629. The van der Waals surface area contributed by atoms with Crippen molar-refractivity contribution in [3.05, 3.63) is 34.3 Å². The number of hydrogen-bond donors (Lipinski definition) is 0. The largest absolute Gasteiger partial charge is 0.419 e. The standard InChI is InChI=1S/C16H21N3O5S/c1-3-10-25(22,23)19-8-6-18(7-9-19)15(20)12-4-5-13-14(11-12)24-16(21)17(13)2/h4-5,11H,3,6-10H2,1-2H3. The Bertz CT molecular complexity index is 952. The predicted molar refractivity (Wildman–Crippen MR) is 93.0 cm³/mol. The van der Waals surface area contributed by atoms with E-state index in [0.29, 0.717) is 49.3 Å². The summed E-state index contributed by atoms with van der Waals surface area (Å²) in [7, 11) is -1.63. The van der Waals surface area contributed by atoms with Gasteiger partial charge in [-0.2, -0.15) is 4.31 Å². The van der Waals surface area contributed by atoms with Crippen molar-refractivity contribution in [2.24, 2.45) is 7.05 Å². The van der Waals surface area contributed by atoms with Crippen LogP contribution < -0.4 is 5.76 Å². The lowest BCUT2D eigenvalue weighted by Gasteiger charge is -2.34. The van der Waals surface area contributed by atoms with Crippen molar-refractivity contribution in [2.75, 3.05) is 31.9 Å². The van der Waals surface area contributed by atoms with Crippen molar-refractivity contribution in [1.82, 2.24) is 13.8 Å². The first-order valence-corrected chi connectivity index (χ1v) is 9.81. The van der Waals surface area contributed by atoms with Crippen molar-refractivity contribution in [2.45, 2.75) is 13.3 Å². The van der Waals surface area contributed by atoms with Crippen molar-refractivity contribution < 1.29 is 17.6 Å². The second-order valence-corrected chi connectivity index (χ2v) is 8.21. The number of rotatable bonds is 4. The maximum absolute atomic E-state index is 12.6. The molecular weight excluding hydrogens is 346 g/mol. The molecule has 136 valence electrons. The zero-order valence-corrected chi connectivity index (χ0v) is 15.1. The van der Waals surface area contributed by atoms with E-state index < -0.39 is 15.8 Å². The third kappa shape index (κ3) is 3.34. The molecule has 0 aliphatic carbocycles. The van der Waals surface area contributed by atoms with E-state index >= 15 is 0 Å². The molecule has 9 heteroatoms. The summed E-state index contributed by atoms with van der Waals surface area (Å²) >= 11 is 0. The van der Waals surface area contributed by atoms with Gasteiger partial charge in [0.05, 0.1) is 11.3 Å². The van der Waals surface area contributed by atoms with Crippen LogP contribution in [0.2, 0.25) is 0 Å². The lowest BCUT2D eigenvalue weighted by Crippen LogP contribution is -2.51. The summed E-state index contributed by atoms with van der Waals surface area (Å²) in [6, 6.07) is 4.88. The number of carbonyl (C=O) groups is 1. The zero-order valence-electron chi connectivity index (χ0n) is 14.3. The Kier molecular flexibility index (Phi) is 4.70. The Labute approximate surface area is 145 Å². The van der Waals surface area contributed by atoms with Gasteiger partial charge >= 0.3 is 5.76 Å². The van der Waals surface area contributed by atoms with Crippen LogP contribution in [0.5, 0.6) is 0 Å². The highest BCUT2D eigenvalue weighted by atomic mass is 32.2. The minimum atomic E-state index is -3.24. The lowest BCUT2D eigenvalue weighted by molar-refractivity contribution is 0.0698. The summed E-state index contributed by atoms with van der Waals surface area (Å²) in [5, 5.41) is 0. The van der Waals surface area contributed by atoms with Gasteiger partial charge in [0.25, 0.3) is 5.91 Å². The summed E-state index contributed by atoms with van der Waals surface area (Å²) in [5.74, 6) is -0.541. The van der Waals surface area contributed by atoms with Crippen molar-refractivity contribution >= 4 is 27.0 Å². The average molecular weight is 367 g/mol. The zero-order chi connectivity index (χ0) is 18.2. The summed E-state index contributed by atoms with van der Waals surface area (Å²) < 4.78 is 32.1. The number of nitrogens with zero attached hydrogens (tertiary/aromatic N) is 3. The molecule has 0 atom stereocenters. The Morgan fingerprint density at radius 3 is 2.52 bits per heavy atom. The second kappa shape index (κ2) is 6.64. The van der Waals surface area contributed by atoms with Gasteiger partial charge in [-0.1, -0.05) is 6.92 Å². The quantitative estimate of drug-likeness (QED) is 0.790. The molecule has 1 amide bonds. The molecule has 8 nitrogen and oxygen atoms in total. The molecule has 3 rings (SSSR count). The van der Waals surface area contributed by atoms with Gasteiger partial charge in [0.2, 0.25) is 10.0 Å². The highest BCUT2D eigenvalue weighted by molar-refractivity contribution is 7.89. The van der Waals surface area contributed by atoms with Crippen molar-refractivity contribution in [3.63, 3.8) is 0 Å². The average Bonchev–Trinajstić information content (AvgIpc) is 2.88. The first kappa shape index (κ1) is 17.7. The molecule has 1 aromatic heterocycles.